The van der Waals surface area contributed by atoms with Gasteiger partial charge in [0.2, 0.25) is 5.91 Å². The predicted molar refractivity (Wildman–Crippen MR) is 103 cm³/mol. The van der Waals surface area contributed by atoms with Crippen molar-refractivity contribution < 1.29 is 4.79 Å². The molecule has 1 aromatic carbocycles. The van der Waals surface area contributed by atoms with E-state index < -0.39 is 0 Å². The monoisotopic (exact) mass is 412 g/mol. The van der Waals surface area contributed by atoms with E-state index in [1.807, 2.05) is 11.9 Å². The highest BCUT2D eigenvalue weighted by Gasteiger charge is 2.59. The third-order valence-electron chi connectivity index (χ3n) is 6.31. The van der Waals surface area contributed by atoms with Crippen LogP contribution in [0, 0.1) is 11.3 Å². The summed E-state index contributed by atoms with van der Waals surface area (Å²) in [4.78, 5) is 14.9. The molecule has 2 saturated carbocycles. The Hall–Kier alpha value is -0.580. The molecule has 1 heterocycles. The lowest BCUT2D eigenvalue weighted by Crippen LogP contribution is -2.38. The minimum absolute atomic E-state index is 0. The number of nitrogens with one attached hydrogen (secondary N) is 1. The molecule has 0 radical (unpaired) electrons. The highest BCUT2D eigenvalue weighted by Crippen LogP contribution is 2.59. The zero-order valence-corrected chi connectivity index (χ0v) is 16.6. The van der Waals surface area contributed by atoms with Crippen molar-refractivity contribution in [3.05, 3.63) is 34.3 Å². The number of hydrogen-bond donors (Lipinski definition) is 1. The molecular formula is C19H26BrClN2O. The van der Waals surface area contributed by atoms with E-state index >= 15 is 0 Å². The Labute approximate surface area is 159 Å². The number of halogens is 2. The normalized spacial score (nSPS) is 25.7. The molecule has 3 nitrogen and oxygen atoms in total. The summed E-state index contributed by atoms with van der Waals surface area (Å²) in [6.45, 7) is 3.03. The molecule has 3 aliphatic rings. The fourth-order valence-corrected chi connectivity index (χ4v) is 4.73. The molecule has 2 aliphatic carbocycles. The minimum Gasteiger partial charge on any atom is -0.345 e. The summed E-state index contributed by atoms with van der Waals surface area (Å²) in [5.74, 6) is 0.672. The van der Waals surface area contributed by atoms with Crippen LogP contribution in [0.5, 0.6) is 0 Å². The topological polar surface area (TPSA) is 32.3 Å². The van der Waals surface area contributed by atoms with Crippen molar-refractivity contribution in [2.75, 3.05) is 26.7 Å². The molecule has 5 heteroatoms. The van der Waals surface area contributed by atoms with Crippen molar-refractivity contribution in [3.63, 3.8) is 0 Å². The van der Waals surface area contributed by atoms with Crippen LogP contribution in [-0.4, -0.2) is 37.5 Å². The molecule has 3 fully saturated rings. The first-order valence-corrected chi connectivity index (χ1v) is 9.56. The van der Waals surface area contributed by atoms with Crippen molar-refractivity contribution in [3.8, 4) is 0 Å². The van der Waals surface area contributed by atoms with Crippen LogP contribution in [0.15, 0.2) is 28.7 Å². The van der Waals surface area contributed by atoms with E-state index in [-0.39, 0.29) is 23.7 Å². The third kappa shape index (κ3) is 3.25. The second-order valence-electron chi connectivity index (χ2n) is 7.85. The van der Waals surface area contributed by atoms with Gasteiger partial charge in [-0.3, -0.25) is 4.79 Å². The lowest BCUT2D eigenvalue weighted by Gasteiger charge is -2.27. The van der Waals surface area contributed by atoms with Gasteiger partial charge in [-0.1, -0.05) is 28.1 Å². The second kappa shape index (κ2) is 6.62. The molecule has 0 aromatic heterocycles. The van der Waals surface area contributed by atoms with Gasteiger partial charge in [0, 0.05) is 29.4 Å². The maximum Gasteiger partial charge on any atom is 0.226 e. The lowest BCUT2D eigenvalue weighted by molar-refractivity contribution is -0.132. The Morgan fingerprint density at radius 2 is 1.83 bits per heavy atom. The summed E-state index contributed by atoms with van der Waals surface area (Å²) in [6, 6.07) is 8.64. The molecule has 1 spiro atoms. The summed E-state index contributed by atoms with van der Waals surface area (Å²) in [5.41, 5.74) is 1.93. The van der Waals surface area contributed by atoms with E-state index in [0.29, 0.717) is 11.3 Å². The van der Waals surface area contributed by atoms with E-state index in [2.05, 4.69) is 45.5 Å². The molecule has 1 N–H and O–H groups in total. The van der Waals surface area contributed by atoms with Crippen LogP contribution in [0.25, 0.3) is 0 Å². The molecule has 24 heavy (non-hydrogen) atoms. The van der Waals surface area contributed by atoms with Crippen LogP contribution in [-0.2, 0) is 10.2 Å². The maximum absolute atomic E-state index is 12.9. The number of carbonyl (C=O) groups excluding carboxylic acids is 1. The van der Waals surface area contributed by atoms with Crippen LogP contribution >= 0.6 is 28.3 Å². The van der Waals surface area contributed by atoms with Crippen molar-refractivity contribution in [2.24, 2.45) is 11.3 Å². The summed E-state index contributed by atoms with van der Waals surface area (Å²) in [6.07, 6.45) is 5.87. The van der Waals surface area contributed by atoms with Crippen molar-refractivity contribution >= 4 is 34.2 Å². The molecule has 0 bridgehead atoms. The number of rotatable bonds is 4. The third-order valence-corrected chi connectivity index (χ3v) is 6.84. The van der Waals surface area contributed by atoms with Gasteiger partial charge in [0.1, 0.15) is 0 Å². The predicted octanol–water partition coefficient (Wildman–Crippen LogP) is 3.75. The molecule has 1 aliphatic heterocycles. The largest absolute Gasteiger partial charge is 0.345 e. The van der Waals surface area contributed by atoms with Gasteiger partial charge < -0.3 is 10.2 Å². The number of hydrogen-bond acceptors (Lipinski definition) is 2. The smallest absolute Gasteiger partial charge is 0.226 e. The number of carbonyl (C=O) groups is 1. The van der Waals surface area contributed by atoms with E-state index in [1.165, 1.54) is 31.2 Å². The molecule has 4 rings (SSSR count). The van der Waals surface area contributed by atoms with Crippen LogP contribution in [0.2, 0.25) is 0 Å². The zero-order valence-electron chi connectivity index (χ0n) is 14.2. The summed E-state index contributed by atoms with van der Waals surface area (Å²) < 4.78 is 1.12. The van der Waals surface area contributed by atoms with Crippen molar-refractivity contribution in [2.45, 2.75) is 37.5 Å². The van der Waals surface area contributed by atoms with Crippen LogP contribution in [0.4, 0.5) is 0 Å². The van der Waals surface area contributed by atoms with Gasteiger partial charge in [0.15, 0.2) is 0 Å². The molecule has 1 saturated heterocycles. The Morgan fingerprint density at radius 1 is 1.21 bits per heavy atom. The molecule has 1 aromatic rings. The van der Waals surface area contributed by atoms with E-state index in [0.717, 1.165) is 30.5 Å². The molecular weight excluding hydrogens is 388 g/mol. The number of nitrogens with zero attached hydrogens (tertiary/aromatic N) is 1. The van der Waals surface area contributed by atoms with E-state index in [9.17, 15) is 4.79 Å². The minimum atomic E-state index is 0. The summed E-state index contributed by atoms with van der Waals surface area (Å²) in [5, 5.41) is 3.41. The van der Waals surface area contributed by atoms with Gasteiger partial charge in [-0.05, 0) is 68.3 Å². The highest BCUT2D eigenvalue weighted by atomic mass is 79.9. The Bertz CT molecular complexity index is 608. The number of amides is 1. The van der Waals surface area contributed by atoms with Crippen molar-refractivity contribution in [1.29, 1.82) is 0 Å². The zero-order chi connectivity index (χ0) is 16.1. The maximum atomic E-state index is 12.9. The van der Waals surface area contributed by atoms with Gasteiger partial charge in [0.25, 0.3) is 0 Å². The summed E-state index contributed by atoms with van der Waals surface area (Å²) >= 11 is 3.50. The molecule has 132 valence electrons. The van der Waals surface area contributed by atoms with Gasteiger partial charge in [0.05, 0.1) is 0 Å². The van der Waals surface area contributed by atoms with Gasteiger partial charge in [-0.15, -0.1) is 12.4 Å². The number of benzene rings is 1. The Morgan fingerprint density at radius 3 is 2.42 bits per heavy atom. The first-order chi connectivity index (χ1) is 11.0. The molecule has 1 amide bonds. The van der Waals surface area contributed by atoms with Gasteiger partial charge >= 0.3 is 0 Å². The Balaban J connectivity index is 0.00000169. The quantitative estimate of drug-likeness (QED) is 0.815. The van der Waals surface area contributed by atoms with Crippen molar-refractivity contribution in [1.82, 2.24) is 10.2 Å². The second-order valence-corrected chi connectivity index (χ2v) is 8.77. The van der Waals surface area contributed by atoms with E-state index in [1.54, 1.807) is 0 Å². The lowest BCUT2D eigenvalue weighted by atomic mass is 9.91. The summed E-state index contributed by atoms with van der Waals surface area (Å²) in [7, 11) is 2.01. The van der Waals surface area contributed by atoms with Crippen LogP contribution in [0.3, 0.4) is 0 Å². The van der Waals surface area contributed by atoms with Gasteiger partial charge in [-0.2, -0.15) is 0 Å². The number of piperidine rings is 1. The van der Waals surface area contributed by atoms with Gasteiger partial charge in [-0.25, -0.2) is 0 Å². The van der Waals surface area contributed by atoms with E-state index in [4.69, 9.17) is 0 Å². The Kier molecular flexibility index (Phi) is 5.03. The van der Waals surface area contributed by atoms with Crippen LogP contribution in [0.1, 0.15) is 37.7 Å². The molecule has 1 unspecified atom stereocenters. The average Bonchev–Trinajstić information content (AvgIpc) is 3.46. The SMILES string of the molecule is CN(CC1(c2ccc(Br)cc2)CC1)C(=O)C1CC12CCNCC2.Cl. The fraction of sp³-hybridized carbons (Fsp3) is 0.632. The average molecular weight is 414 g/mol. The first-order valence-electron chi connectivity index (χ1n) is 8.77. The molecule has 1 atom stereocenters. The standard InChI is InChI=1S/C19H25BrN2O.ClH/c1-22(17(23)16-12-18(16)8-10-21-11-9-18)13-19(6-7-19)14-2-4-15(20)5-3-14;/h2-5,16,21H,6-13H2,1H3;1H. The fourth-order valence-electron chi connectivity index (χ4n) is 4.46. The first kappa shape index (κ1) is 18.2. The van der Waals surface area contributed by atoms with Crippen LogP contribution < -0.4 is 5.32 Å². The highest BCUT2D eigenvalue weighted by molar-refractivity contribution is 9.10. The number of likely N-dealkylation sites (N-methyl/N-ethyl adjacent to an activating group) is 1.